The van der Waals surface area contributed by atoms with Crippen molar-refractivity contribution in [3.8, 4) is 0 Å². The van der Waals surface area contributed by atoms with Crippen molar-refractivity contribution in [2.45, 2.75) is 30.7 Å². The lowest BCUT2D eigenvalue weighted by Gasteiger charge is -2.31. The fourth-order valence-electron chi connectivity index (χ4n) is 2.32. The number of benzene rings is 1. The van der Waals surface area contributed by atoms with E-state index in [1.807, 2.05) is 0 Å². The highest BCUT2D eigenvalue weighted by Crippen LogP contribution is 2.18. The van der Waals surface area contributed by atoms with Gasteiger partial charge in [0, 0.05) is 24.2 Å². The van der Waals surface area contributed by atoms with E-state index in [0.29, 0.717) is 37.6 Å². The van der Waals surface area contributed by atoms with Crippen molar-refractivity contribution in [2.24, 2.45) is 0 Å². The van der Waals surface area contributed by atoms with Crippen LogP contribution in [-0.2, 0) is 14.8 Å². The predicted molar refractivity (Wildman–Crippen MR) is 83.4 cm³/mol. The van der Waals surface area contributed by atoms with Gasteiger partial charge in [0.2, 0.25) is 10.0 Å². The van der Waals surface area contributed by atoms with E-state index < -0.39 is 10.0 Å². The van der Waals surface area contributed by atoms with Gasteiger partial charge in [0.15, 0.2) is 0 Å². The van der Waals surface area contributed by atoms with Crippen LogP contribution in [0.2, 0.25) is 5.02 Å². The fourth-order valence-corrected chi connectivity index (χ4v) is 3.92. The molecule has 0 radical (unpaired) electrons. The normalized spacial score (nSPS) is 16.5. The largest absolute Gasteiger partial charge is 0.450 e. The molecule has 8 heteroatoms. The Morgan fingerprint density at radius 2 is 2.09 bits per heavy atom. The van der Waals surface area contributed by atoms with E-state index in [0.717, 1.165) is 0 Å². The van der Waals surface area contributed by atoms with Gasteiger partial charge in [-0.2, -0.15) is 0 Å². The number of ether oxygens (including phenoxy) is 1. The minimum absolute atomic E-state index is 0.146. The summed E-state index contributed by atoms with van der Waals surface area (Å²) in [5, 5.41) is 0.375. The quantitative estimate of drug-likeness (QED) is 0.907. The van der Waals surface area contributed by atoms with Crippen molar-refractivity contribution in [1.29, 1.82) is 0 Å². The minimum Gasteiger partial charge on any atom is -0.450 e. The van der Waals surface area contributed by atoms with Crippen LogP contribution < -0.4 is 4.72 Å². The molecule has 1 amide bonds. The van der Waals surface area contributed by atoms with Crippen LogP contribution in [0, 0.1) is 0 Å². The fraction of sp³-hybridized carbons (Fsp3) is 0.500. The van der Waals surface area contributed by atoms with Crippen LogP contribution in [0.25, 0.3) is 0 Å². The monoisotopic (exact) mass is 346 g/mol. The first kappa shape index (κ1) is 17.1. The molecule has 0 atom stereocenters. The van der Waals surface area contributed by atoms with Crippen molar-refractivity contribution >= 4 is 27.7 Å². The maximum absolute atomic E-state index is 12.3. The van der Waals surface area contributed by atoms with E-state index >= 15 is 0 Å². The Morgan fingerprint density at radius 3 is 2.68 bits per heavy atom. The van der Waals surface area contributed by atoms with Crippen molar-refractivity contribution in [1.82, 2.24) is 9.62 Å². The molecule has 1 aliphatic heterocycles. The molecule has 1 aromatic carbocycles. The summed E-state index contributed by atoms with van der Waals surface area (Å²) in [5.74, 6) is 0. The van der Waals surface area contributed by atoms with Crippen molar-refractivity contribution in [3.63, 3.8) is 0 Å². The number of halogens is 1. The Bertz CT molecular complexity index is 627. The predicted octanol–water partition coefficient (Wildman–Crippen LogP) is 2.24. The summed E-state index contributed by atoms with van der Waals surface area (Å²) < 4.78 is 32.2. The Morgan fingerprint density at radius 1 is 1.41 bits per heavy atom. The molecule has 0 spiro atoms. The third-order valence-corrected chi connectivity index (χ3v) is 5.20. The lowest BCUT2D eigenvalue weighted by Crippen LogP contribution is -2.46. The number of likely N-dealkylation sites (tertiary alicyclic amines) is 1. The Kier molecular flexibility index (Phi) is 5.66. The van der Waals surface area contributed by atoms with Gasteiger partial charge in [0.05, 0.1) is 11.5 Å². The van der Waals surface area contributed by atoms with Crippen molar-refractivity contribution in [2.75, 3.05) is 19.7 Å². The van der Waals surface area contributed by atoms with Gasteiger partial charge < -0.3 is 9.64 Å². The highest BCUT2D eigenvalue weighted by molar-refractivity contribution is 7.89. The van der Waals surface area contributed by atoms with Gasteiger partial charge in [0.25, 0.3) is 0 Å². The molecule has 1 aliphatic rings. The van der Waals surface area contributed by atoms with Crippen LogP contribution in [-0.4, -0.2) is 45.1 Å². The van der Waals surface area contributed by atoms with Gasteiger partial charge >= 0.3 is 6.09 Å². The number of carbonyl (C=O) groups is 1. The lowest BCUT2D eigenvalue weighted by molar-refractivity contribution is 0.0966. The molecule has 0 unspecified atom stereocenters. The SMILES string of the molecule is CCOC(=O)N1CCC(NS(=O)(=O)c2cccc(Cl)c2)CC1. The maximum atomic E-state index is 12.3. The van der Waals surface area contributed by atoms with Crippen LogP contribution in [0.4, 0.5) is 4.79 Å². The Labute approximate surface area is 135 Å². The third kappa shape index (κ3) is 4.34. The number of nitrogens with zero attached hydrogens (tertiary/aromatic N) is 1. The molecule has 1 heterocycles. The van der Waals surface area contributed by atoms with Crippen LogP contribution in [0.1, 0.15) is 19.8 Å². The van der Waals surface area contributed by atoms with Gasteiger partial charge in [-0.05, 0) is 38.0 Å². The zero-order chi connectivity index (χ0) is 16.2. The Balaban J connectivity index is 1.94. The number of hydrogen-bond donors (Lipinski definition) is 1. The molecule has 2 rings (SSSR count). The molecule has 122 valence electrons. The molecule has 0 aromatic heterocycles. The molecule has 0 saturated carbocycles. The van der Waals surface area contributed by atoms with E-state index in [1.165, 1.54) is 12.1 Å². The zero-order valence-electron chi connectivity index (χ0n) is 12.3. The first-order chi connectivity index (χ1) is 10.4. The second-order valence-electron chi connectivity index (χ2n) is 5.04. The Hall–Kier alpha value is -1.31. The summed E-state index contributed by atoms with van der Waals surface area (Å²) in [6.45, 7) is 3.03. The second-order valence-corrected chi connectivity index (χ2v) is 7.19. The number of amides is 1. The molecule has 22 heavy (non-hydrogen) atoms. The van der Waals surface area contributed by atoms with Crippen LogP contribution >= 0.6 is 11.6 Å². The molecular weight excluding hydrogens is 328 g/mol. The second kappa shape index (κ2) is 7.30. The van der Waals surface area contributed by atoms with Gasteiger partial charge in [-0.3, -0.25) is 0 Å². The molecule has 0 bridgehead atoms. The van der Waals surface area contributed by atoms with Gasteiger partial charge in [-0.25, -0.2) is 17.9 Å². The number of carbonyl (C=O) groups excluding carboxylic acids is 1. The molecule has 1 N–H and O–H groups in total. The van der Waals surface area contributed by atoms with Crippen molar-refractivity contribution in [3.05, 3.63) is 29.3 Å². The summed E-state index contributed by atoms with van der Waals surface area (Å²) in [6, 6.07) is 5.94. The number of hydrogen-bond acceptors (Lipinski definition) is 4. The van der Waals surface area contributed by atoms with Gasteiger partial charge in [0.1, 0.15) is 0 Å². The number of nitrogens with one attached hydrogen (secondary N) is 1. The highest BCUT2D eigenvalue weighted by Gasteiger charge is 2.27. The van der Waals surface area contributed by atoms with Crippen LogP contribution in [0.5, 0.6) is 0 Å². The molecule has 1 saturated heterocycles. The minimum atomic E-state index is -3.60. The summed E-state index contributed by atoms with van der Waals surface area (Å²) in [4.78, 5) is 13.3. The summed E-state index contributed by atoms with van der Waals surface area (Å²) in [6.07, 6.45) is 0.760. The van der Waals surface area contributed by atoms with E-state index in [9.17, 15) is 13.2 Å². The number of rotatable bonds is 4. The summed E-state index contributed by atoms with van der Waals surface area (Å²) in [5.41, 5.74) is 0. The first-order valence-corrected chi connectivity index (χ1v) is 8.98. The molecule has 1 aromatic rings. The van der Waals surface area contributed by atoms with E-state index in [-0.39, 0.29) is 17.0 Å². The first-order valence-electron chi connectivity index (χ1n) is 7.12. The average Bonchev–Trinajstić information content (AvgIpc) is 2.48. The maximum Gasteiger partial charge on any atom is 0.409 e. The number of sulfonamides is 1. The summed E-state index contributed by atoms with van der Waals surface area (Å²) >= 11 is 5.83. The van der Waals surface area contributed by atoms with E-state index in [4.69, 9.17) is 16.3 Å². The van der Waals surface area contributed by atoms with E-state index in [1.54, 1.807) is 24.0 Å². The number of piperidine rings is 1. The van der Waals surface area contributed by atoms with Crippen LogP contribution in [0.3, 0.4) is 0 Å². The zero-order valence-corrected chi connectivity index (χ0v) is 13.9. The van der Waals surface area contributed by atoms with Crippen molar-refractivity contribution < 1.29 is 17.9 Å². The smallest absolute Gasteiger partial charge is 0.409 e. The molecule has 0 aliphatic carbocycles. The van der Waals surface area contributed by atoms with Gasteiger partial charge in [-0.15, -0.1) is 0 Å². The van der Waals surface area contributed by atoms with Gasteiger partial charge in [-0.1, -0.05) is 17.7 Å². The average molecular weight is 347 g/mol. The lowest BCUT2D eigenvalue weighted by atomic mass is 10.1. The molecule has 6 nitrogen and oxygen atoms in total. The molecular formula is C14H19ClN2O4S. The molecule has 1 fully saturated rings. The van der Waals surface area contributed by atoms with Crippen LogP contribution in [0.15, 0.2) is 29.2 Å². The highest BCUT2D eigenvalue weighted by atomic mass is 35.5. The standard InChI is InChI=1S/C14H19ClN2O4S/c1-2-21-14(18)17-8-6-12(7-9-17)16-22(19,20)13-5-3-4-11(15)10-13/h3-5,10,12,16H,2,6-9H2,1H3. The topological polar surface area (TPSA) is 75.7 Å². The van der Waals surface area contributed by atoms with E-state index in [2.05, 4.69) is 4.72 Å². The summed E-state index contributed by atoms with van der Waals surface area (Å²) in [7, 11) is -3.60. The third-order valence-electron chi connectivity index (χ3n) is 3.45.